The zero-order valence-electron chi connectivity index (χ0n) is 14.8. The number of halogens is 1. The summed E-state index contributed by atoms with van der Waals surface area (Å²) >= 11 is 0. The van der Waals surface area contributed by atoms with Gasteiger partial charge in [0, 0.05) is 12.6 Å². The van der Waals surface area contributed by atoms with E-state index in [1.807, 2.05) is 6.07 Å². The van der Waals surface area contributed by atoms with E-state index in [1.54, 1.807) is 12.1 Å². The highest BCUT2D eigenvalue weighted by molar-refractivity contribution is 5.85. The normalized spacial score (nSPS) is 26.1. The van der Waals surface area contributed by atoms with Crippen LogP contribution in [0.2, 0.25) is 0 Å². The predicted octanol–water partition coefficient (Wildman–Crippen LogP) is 0.971. The molecule has 4 unspecified atom stereocenters. The molecule has 3 rings (SSSR count). The van der Waals surface area contributed by atoms with Crippen LogP contribution < -0.4 is 26.3 Å². The molecule has 0 heterocycles. The van der Waals surface area contributed by atoms with Crippen molar-refractivity contribution < 1.29 is 19.1 Å². The molecule has 0 aromatic heterocycles. The second-order valence-corrected chi connectivity index (χ2v) is 6.89. The molecule has 2 amide bonds. The van der Waals surface area contributed by atoms with E-state index < -0.39 is 5.91 Å². The molecule has 1 aromatic carbocycles. The molecule has 0 saturated heterocycles. The lowest BCUT2D eigenvalue weighted by Gasteiger charge is -2.27. The molecule has 2 bridgehead atoms. The SMILES string of the molecule is COc1cc(CNC(=O)C2C3CCC(C3)C2N)ccc1OCC(N)=O.Cl. The molecule has 8 heteroatoms. The number of fused-ring (bicyclic) bond motifs is 2. The second kappa shape index (κ2) is 8.60. The lowest BCUT2D eigenvalue weighted by atomic mass is 9.84. The number of methoxy groups -OCH3 is 1. The van der Waals surface area contributed by atoms with Gasteiger partial charge in [-0.25, -0.2) is 0 Å². The molecule has 0 radical (unpaired) electrons. The number of nitrogens with two attached hydrogens (primary N) is 2. The highest BCUT2D eigenvalue weighted by Gasteiger charge is 2.48. The maximum absolute atomic E-state index is 12.5. The van der Waals surface area contributed by atoms with E-state index in [4.69, 9.17) is 20.9 Å². The number of ether oxygens (including phenoxy) is 2. The largest absolute Gasteiger partial charge is 0.493 e. The van der Waals surface area contributed by atoms with Gasteiger partial charge in [-0.05, 0) is 48.8 Å². The summed E-state index contributed by atoms with van der Waals surface area (Å²) in [6.07, 6.45) is 3.34. The highest BCUT2D eigenvalue weighted by atomic mass is 35.5. The number of benzene rings is 1. The number of primary amides is 1. The van der Waals surface area contributed by atoms with Crippen molar-refractivity contribution in [2.24, 2.45) is 29.2 Å². The van der Waals surface area contributed by atoms with Crippen LogP contribution >= 0.6 is 12.4 Å². The van der Waals surface area contributed by atoms with Crippen molar-refractivity contribution in [3.05, 3.63) is 23.8 Å². The molecule has 7 nitrogen and oxygen atoms in total. The number of hydrogen-bond acceptors (Lipinski definition) is 5. The minimum Gasteiger partial charge on any atom is -0.493 e. The Labute approximate surface area is 159 Å². The quantitative estimate of drug-likeness (QED) is 0.648. The van der Waals surface area contributed by atoms with Crippen LogP contribution in [0.3, 0.4) is 0 Å². The standard InChI is InChI=1S/C18H25N3O4.ClH/c1-24-14-6-10(2-5-13(14)25-9-15(19)22)8-21-18(23)16-11-3-4-12(7-11)17(16)20;/h2,5-6,11-12,16-17H,3-4,7-9,20H2,1H3,(H2,19,22)(H,21,23);1H. The summed E-state index contributed by atoms with van der Waals surface area (Å²) < 4.78 is 10.6. The molecular weight excluding hydrogens is 358 g/mol. The van der Waals surface area contributed by atoms with Crippen molar-refractivity contribution in [1.82, 2.24) is 5.32 Å². The van der Waals surface area contributed by atoms with Gasteiger partial charge in [-0.1, -0.05) is 6.07 Å². The molecule has 1 aromatic rings. The zero-order chi connectivity index (χ0) is 18.0. The number of nitrogens with one attached hydrogen (secondary N) is 1. The minimum absolute atomic E-state index is 0. The number of carbonyl (C=O) groups excluding carboxylic acids is 2. The summed E-state index contributed by atoms with van der Waals surface area (Å²) in [5, 5.41) is 2.99. The molecule has 2 fully saturated rings. The number of hydrogen-bond donors (Lipinski definition) is 3. The Morgan fingerprint density at radius 2 is 1.96 bits per heavy atom. The van der Waals surface area contributed by atoms with Gasteiger partial charge in [0.1, 0.15) is 0 Å². The first-order chi connectivity index (χ1) is 12.0. The maximum Gasteiger partial charge on any atom is 0.255 e. The Morgan fingerprint density at radius 3 is 2.58 bits per heavy atom. The summed E-state index contributed by atoms with van der Waals surface area (Å²) in [5.41, 5.74) is 12.2. The van der Waals surface area contributed by atoms with Gasteiger partial charge >= 0.3 is 0 Å². The van der Waals surface area contributed by atoms with Crippen LogP contribution in [0, 0.1) is 17.8 Å². The van der Waals surface area contributed by atoms with Crippen molar-refractivity contribution >= 4 is 24.2 Å². The van der Waals surface area contributed by atoms with Gasteiger partial charge < -0.3 is 26.3 Å². The minimum atomic E-state index is -0.555. The molecule has 5 N–H and O–H groups in total. The van der Waals surface area contributed by atoms with Crippen LogP contribution in [0.15, 0.2) is 18.2 Å². The van der Waals surface area contributed by atoms with Gasteiger partial charge in [0.05, 0.1) is 13.0 Å². The Hall–Kier alpha value is -1.99. The first-order valence-electron chi connectivity index (χ1n) is 8.61. The summed E-state index contributed by atoms with van der Waals surface area (Å²) in [7, 11) is 1.52. The third kappa shape index (κ3) is 4.22. The molecule has 2 aliphatic carbocycles. The monoisotopic (exact) mass is 383 g/mol. The lowest BCUT2D eigenvalue weighted by molar-refractivity contribution is -0.127. The molecule has 144 valence electrons. The molecule has 0 aliphatic heterocycles. The van der Waals surface area contributed by atoms with Gasteiger partial charge in [-0.3, -0.25) is 9.59 Å². The summed E-state index contributed by atoms with van der Waals surface area (Å²) in [4.78, 5) is 23.3. The van der Waals surface area contributed by atoms with Gasteiger partial charge in [0.2, 0.25) is 5.91 Å². The van der Waals surface area contributed by atoms with E-state index in [1.165, 1.54) is 7.11 Å². The third-order valence-corrected chi connectivity index (χ3v) is 5.35. The Bertz CT molecular complexity index is 668. The predicted molar refractivity (Wildman–Crippen MR) is 99.1 cm³/mol. The van der Waals surface area contributed by atoms with Crippen LogP contribution in [-0.2, 0) is 16.1 Å². The van der Waals surface area contributed by atoms with E-state index in [-0.39, 0.29) is 36.9 Å². The summed E-state index contributed by atoms with van der Waals surface area (Å²) in [6.45, 7) is 0.181. The van der Waals surface area contributed by atoms with E-state index in [9.17, 15) is 9.59 Å². The van der Waals surface area contributed by atoms with Gasteiger partial charge in [-0.2, -0.15) is 0 Å². The summed E-state index contributed by atoms with van der Waals surface area (Å²) in [6, 6.07) is 5.28. The van der Waals surface area contributed by atoms with Crippen LogP contribution in [0.5, 0.6) is 11.5 Å². The fraction of sp³-hybridized carbons (Fsp3) is 0.556. The summed E-state index contributed by atoms with van der Waals surface area (Å²) in [5.74, 6) is 1.27. The van der Waals surface area contributed by atoms with E-state index in [0.29, 0.717) is 29.9 Å². The van der Waals surface area contributed by atoms with Crippen LogP contribution in [0.25, 0.3) is 0 Å². The van der Waals surface area contributed by atoms with Crippen molar-refractivity contribution in [3.8, 4) is 11.5 Å². The molecule has 2 saturated carbocycles. The smallest absolute Gasteiger partial charge is 0.255 e. The fourth-order valence-electron chi connectivity index (χ4n) is 4.12. The van der Waals surface area contributed by atoms with Gasteiger partial charge in [0.25, 0.3) is 5.91 Å². The number of carbonyl (C=O) groups is 2. The maximum atomic E-state index is 12.5. The van der Waals surface area contributed by atoms with Crippen molar-refractivity contribution in [3.63, 3.8) is 0 Å². The Kier molecular flexibility index (Phi) is 6.72. The van der Waals surface area contributed by atoms with Crippen molar-refractivity contribution in [2.75, 3.05) is 13.7 Å². The van der Waals surface area contributed by atoms with E-state index in [0.717, 1.165) is 24.8 Å². The van der Waals surface area contributed by atoms with Crippen LogP contribution in [0.1, 0.15) is 24.8 Å². The Balaban J connectivity index is 0.00000243. The fourth-order valence-corrected chi connectivity index (χ4v) is 4.12. The molecule has 4 atom stereocenters. The molecule has 26 heavy (non-hydrogen) atoms. The zero-order valence-corrected chi connectivity index (χ0v) is 15.6. The Morgan fingerprint density at radius 1 is 1.23 bits per heavy atom. The highest BCUT2D eigenvalue weighted by Crippen LogP contribution is 2.47. The van der Waals surface area contributed by atoms with Crippen LogP contribution in [0.4, 0.5) is 0 Å². The topological polar surface area (TPSA) is 117 Å². The number of amides is 2. The van der Waals surface area contributed by atoms with Gasteiger partial charge in [-0.15, -0.1) is 12.4 Å². The first kappa shape index (κ1) is 20.3. The van der Waals surface area contributed by atoms with Crippen molar-refractivity contribution in [1.29, 1.82) is 0 Å². The lowest BCUT2D eigenvalue weighted by Crippen LogP contribution is -2.45. The molecule has 2 aliphatic rings. The van der Waals surface area contributed by atoms with Crippen molar-refractivity contribution in [2.45, 2.75) is 31.8 Å². The number of rotatable bonds is 7. The second-order valence-electron chi connectivity index (χ2n) is 6.89. The molecule has 0 spiro atoms. The van der Waals surface area contributed by atoms with Gasteiger partial charge in [0.15, 0.2) is 18.1 Å². The molecular formula is C18H26ClN3O4. The van der Waals surface area contributed by atoms with E-state index in [2.05, 4.69) is 5.32 Å². The first-order valence-corrected chi connectivity index (χ1v) is 8.61. The average Bonchev–Trinajstić information content (AvgIpc) is 3.19. The average molecular weight is 384 g/mol. The van der Waals surface area contributed by atoms with Crippen LogP contribution in [-0.4, -0.2) is 31.6 Å². The third-order valence-electron chi connectivity index (χ3n) is 5.35. The van der Waals surface area contributed by atoms with E-state index >= 15 is 0 Å².